The van der Waals surface area contributed by atoms with Crippen molar-refractivity contribution >= 4 is 11.6 Å². The van der Waals surface area contributed by atoms with Crippen molar-refractivity contribution in [2.75, 3.05) is 19.6 Å². The molecule has 0 amide bonds. The maximum absolute atomic E-state index is 6.38. The van der Waals surface area contributed by atoms with Gasteiger partial charge >= 0.3 is 0 Å². The number of likely N-dealkylation sites (tertiary alicyclic amines) is 1. The Balaban J connectivity index is 1.48. The molecule has 3 unspecified atom stereocenters. The van der Waals surface area contributed by atoms with E-state index in [1.165, 1.54) is 36.1 Å². The number of aryl methyl sites for hydroxylation is 1. The smallest absolute Gasteiger partial charge is 0.0475 e. The fourth-order valence-corrected chi connectivity index (χ4v) is 5.77. The number of hydrogen-bond donors (Lipinski definition) is 1. The van der Waals surface area contributed by atoms with Gasteiger partial charge in [-0.3, -0.25) is 9.88 Å². The summed E-state index contributed by atoms with van der Waals surface area (Å²) in [5.74, 6) is 2.23. The molecule has 0 bridgehead atoms. The van der Waals surface area contributed by atoms with E-state index in [0.717, 1.165) is 31.1 Å². The SMILES string of the molecule is CC=CN/C=C(\C)CN1CCC(C2c3ncccc3CCC3C=C(Cl)C=CC32)CC1. The highest BCUT2D eigenvalue weighted by molar-refractivity contribution is 6.31. The lowest BCUT2D eigenvalue weighted by Crippen LogP contribution is -2.39. The zero-order valence-corrected chi connectivity index (χ0v) is 19.0. The van der Waals surface area contributed by atoms with Crippen molar-refractivity contribution in [1.82, 2.24) is 15.2 Å². The average Bonchev–Trinajstić information content (AvgIpc) is 2.91. The number of nitrogens with one attached hydrogen (secondary N) is 1. The van der Waals surface area contributed by atoms with Crippen LogP contribution >= 0.6 is 11.6 Å². The predicted molar refractivity (Wildman–Crippen MR) is 126 cm³/mol. The predicted octanol–water partition coefficient (Wildman–Crippen LogP) is 5.78. The molecule has 2 heterocycles. The van der Waals surface area contributed by atoms with Crippen molar-refractivity contribution in [3.05, 3.63) is 76.9 Å². The third-order valence-electron chi connectivity index (χ3n) is 6.95. The number of aromatic nitrogens is 1. The highest BCUT2D eigenvalue weighted by Gasteiger charge is 2.39. The van der Waals surface area contributed by atoms with Gasteiger partial charge in [-0.05, 0) is 99.9 Å². The molecule has 3 nitrogen and oxygen atoms in total. The fraction of sp³-hybridized carbons (Fsp3) is 0.500. The molecule has 0 aromatic carbocycles. The van der Waals surface area contributed by atoms with Gasteiger partial charge in [0.1, 0.15) is 0 Å². The Morgan fingerprint density at radius 3 is 2.93 bits per heavy atom. The molecule has 1 aromatic heterocycles. The fourth-order valence-electron chi connectivity index (χ4n) is 5.54. The van der Waals surface area contributed by atoms with Crippen molar-refractivity contribution in [3.63, 3.8) is 0 Å². The summed E-state index contributed by atoms with van der Waals surface area (Å²) in [6, 6.07) is 4.39. The van der Waals surface area contributed by atoms with E-state index in [1.807, 2.05) is 25.4 Å². The zero-order chi connectivity index (χ0) is 20.9. The van der Waals surface area contributed by atoms with Gasteiger partial charge in [-0.1, -0.05) is 35.9 Å². The Bertz CT molecular complexity index is 846. The van der Waals surface area contributed by atoms with Gasteiger partial charge in [0.2, 0.25) is 0 Å². The molecule has 1 aromatic rings. The normalized spacial score (nSPS) is 28.0. The molecule has 1 aliphatic heterocycles. The minimum Gasteiger partial charge on any atom is -0.368 e. The van der Waals surface area contributed by atoms with Crippen LogP contribution in [-0.4, -0.2) is 29.5 Å². The summed E-state index contributed by atoms with van der Waals surface area (Å²) < 4.78 is 0. The number of fused-ring (bicyclic) bond motifs is 2. The van der Waals surface area contributed by atoms with Crippen molar-refractivity contribution in [2.45, 2.75) is 45.4 Å². The lowest BCUT2D eigenvalue weighted by atomic mass is 9.69. The van der Waals surface area contributed by atoms with Crippen LogP contribution in [0.3, 0.4) is 0 Å². The Morgan fingerprint density at radius 1 is 1.30 bits per heavy atom. The molecule has 3 atom stereocenters. The summed E-state index contributed by atoms with van der Waals surface area (Å²) in [5.41, 5.74) is 4.18. The van der Waals surface area contributed by atoms with Crippen LogP contribution in [-0.2, 0) is 6.42 Å². The number of pyridine rings is 1. The van der Waals surface area contributed by atoms with Gasteiger partial charge in [-0.25, -0.2) is 0 Å². The van der Waals surface area contributed by atoms with Crippen LogP contribution in [0.25, 0.3) is 0 Å². The third-order valence-corrected chi connectivity index (χ3v) is 7.21. The molecule has 4 rings (SSSR count). The quantitative estimate of drug-likeness (QED) is 0.651. The van der Waals surface area contributed by atoms with E-state index < -0.39 is 0 Å². The summed E-state index contributed by atoms with van der Waals surface area (Å²) in [6.07, 6.45) is 19.7. The largest absolute Gasteiger partial charge is 0.368 e. The van der Waals surface area contributed by atoms with Crippen molar-refractivity contribution in [2.24, 2.45) is 17.8 Å². The average molecular weight is 424 g/mol. The van der Waals surface area contributed by atoms with Crippen molar-refractivity contribution < 1.29 is 0 Å². The van der Waals surface area contributed by atoms with Crippen LogP contribution in [0.1, 0.15) is 50.3 Å². The van der Waals surface area contributed by atoms with Crippen LogP contribution in [0.4, 0.5) is 0 Å². The first-order valence-corrected chi connectivity index (χ1v) is 11.8. The van der Waals surface area contributed by atoms with Gasteiger partial charge in [0.15, 0.2) is 0 Å². The molecule has 4 heteroatoms. The van der Waals surface area contributed by atoms with E-state index in [2.05, 4.69) is 53.7 Å². The summed E-state index contributed by atoms with van der Waals surface area (Å²) in [5, 5.41) is 4.14. The highest BCUT2D eigenvalue weighted by Crippen LogP contribution is 2.47. The highest BCUT2D eigenvalue weighted by atomic mass is 35.5. The molecular weight excluding hydrogens is 390 g/mol. The molecule has 0 saturated carbocycles. The topological polar surface area (TPSA) is 28.2 Å². The Labute approximate surface area is 186 Å². The van der Waals surface area contributed by atoms with Gasteiger partial charge < -0.3 is 5.32 Å². The number of hydrogen-bond acceptors (Lipinski definition) is 3. The van der Waals surface area contributed by atoms with Gasteiger partial charge in [0.05, 0.1) is 0 Å². The number of allylic oxidation sites excluding steroid dienone is 5. The lowest BCUT2D eigenvalue weighted by Gasteiger charge is -2.40. The van der Waals surface area contributed by atoms with Gasteiger partial charge in [0, 0.05) is 35.6 Å². The van der Waals surface area contributed by atoms with E-state index in [4.69, 9.17) is 16.6 Å². The molecule has 1 fully saturated rings. The minimum atomic E-state index is 0.501. The Hall–Kier alpha value is -1.84. The second kappa shape index (κ2) is 9.98. The van der Waals surface area contributed by atoms with Crippen LogP contribution < -0.4 is 5.32 Å². The van der Waals surface area contributed by atoms with Crippen LogP contribution in [0.5, 0.6) is 0 Å². The maximum atomic E-state index is 6.38. The summed E-state index contributed by atoms with van der Waals surface area (Å²) in [4.78, 5) is 7.53. The zero-order valence-electron chi connectivity index (χ0n) is 18.2. The molecule has 0 spiro atoms. The lowest BCUT2D eigenvalue weighted by molar-refractivity contribution is 0.156. The molecule has 1 saturated heterocycles. The van der Waals surface area contributed by atoms with Gasteiger partial charge in [0.25, 0.3) is 0 Å². The first kappa shape index (κ1) is 21.4. The monoisotopic (exact) mass is 423 g/mol. The Morgan fingerprint density at radius 2 is 2.13 bits per heavy atom. The van der Waals surface area contributed by atoms with Crippen LogP contribution in [0.2, 0.25) is 0 Å². The third kappa shape index (κ3) is 4.90. The molecule has 3 aliphatic rings. The van der Waals surface area contributed by atoms with Crippen molar-refractivity contribution in [1.29, 1.82) is 0 Å². The summed E-state index contributed by atoms with van der Waals surface area (Å²) in [7, 11) is 0. The molecule has 160 valence electrons. The Kier molecular flexibility index (Phi) is 7.12. The van der Waals surface area contributed by atoms with E-state index >= 15 is 0 Å². The van der Waals surface area contributed by atoms with Gasteiger partial charge in [-0.15, -0.1) is 0 Å². The van der Waals surface area contributed by atoms with E-state index in [-0.39, 0.29) is 0 Å². The van der Waals surface area contributed by atoms with Gasteiger partial charge in [-0.2, -0.15) is 0 Å². The van der Waals surface area contributed by atoms with E-state index in [9.17, 15) is 0 Å². The summed E-state index contributed by atoms with van der Waals surface area (Å²) >= 11 is 6.38. The first-order chi connectivity index (χ1) is 14.7. The summed E-state index contributed by atoms with van der Waals surface area (Å²) in [6.45, 7) is 7.60. The molecule has 2 aliphatic carbocycles. The number of piperidine rings is 1. The standard InChI is InChI=1S/C26H34ClN3/c1-3-12-28-17-19(2)18-30-14-10-20(11-15-30)25-24-9-8-23(27)16-22(24)7-6-21-5-4-13-29-26(21)25/h3-5,8-9,12-13,16-17,20,22,24-25,28H,6-7,10-11,14-15,18H2,1-2H3/b12-3?,19-17+. The second-order valence-corrected chi connectivity index (χ2v) is 9.47. The molecular formula is C26H34ClN3. The molecule has 1 N–H and O–H groups in total. The van der Waals surface area contributed by atoms with E-state index in [0.29, 0.717) is 23.7 Å². The van der Waals surface area contributed by atoms with Crippen molar-refractivity contribution in [3.8, 4) is 0 Å². The number of rotatable bonds is 5. The maximum Gasteiger partial charge on any atom is 0.0475 e. The molecule has 0 radical (unpaired) electrons. The minimum absolute atomic E-state index is 0.501. The van der Waals surface area contributed by atoms with E-state index in [1.54, 1.807) is 0 Å². The second-order valence-electron chi connectivity index (χ2n) is 9.04. The first-order valence-electron chi connectivity index (χ1n) is 11.4. The number of halogens is 1. The van der Waals surface area contributed by atoms with Crippen LogP contribution in [0.15, 0.2) is 65.6 Å². The van der Waals surface area contributed by atoms with Crippen LogP contribution in [0, 0.1) is 17.8 Å². The number of nitrogens with zero attached hydrogens (tertiary/aromatic N) is 2. The molecule has 30 heavy (non-hydrogen) atoms.